The first-order chi connectivity index (χ1) is 14.2. The van der Waals surface area contributed by atoms with Gasteiger partial charge >= 0.3 is 5.97 Å². The Hall–Kier alpha value is -3.03. The Balaban J connectivity index is 1.85. The first kappa shape index (κ1) is 21.7. The summed E-state index contributed by atoms with van der Waals surface area (Å²) >= 11 is -2.59. The highest BCUT2D eigenvalue weighted by atomic mass is 32.2. The zero-order chi connectivity index (χ0) is 21.7. The Kier molecular flexibility index (Phi) is 6.64. The van der Waals surface area contributed by atoms with Crippen molar-refractivity contribution in [2.75, 3.05) is 4.31 Å². The third kappa shape index (κ3) is 5.75. The lowest BCUT2D eigenvalue weighted by Gasteiger charge is -2.26. The minimum absolute atomic E-state index is 0.0443. The number of esters is 1. The van der Waals surface area contributed by atoms with Crippen molar-refractivity contribution >= 4 is 28.7 Å². The molecular formula is C23H23N2O4S-. The summed E-state index contributed by atoms with van der Waals surface area (Å²) in [6, 6.07) is 21.9. The molecule has 6 nitrogen and oxygen atoms in total. The molecule has 0 aliphatic heterocycles. The molecule has 0 N–H and O–H groups in total. The number of ether oxygens (including phenoxy) is 1. The summed E-state index contributed by atoms with van der Waals surface area (Å²) in [4.78, 5) is 16.4. The Bertz CT molecular complexity index is 1030. The molecule has 0 radical (unpaired) electrons. The van der Waals surface area contributed by atoms with Gasteiger partial charge in [0.05, 0.1) is 29.1 Å². The molecule has 3 rings (SSSR count). The third-order valence-electron chi connectivity index (χ3n) is 4.10. The van der Waals surface area contributed by atoms with Gasteiger partial charge < -0.3 is 9.29 Å². The van der Waals surface area contributed by atoms with E-state index in [-0.39, 0.29) is 12.2 Å². The van der Waals surface area contributed by atoms with Crippen LogP contribution in [-0.2, 0) is 27.2 Å². The lowest BCUT2D eigenvalue weighted by Crippen LogP contribution is -2.25. The fourth-order valence-electron chi connectivity index (χ4n) is 2.92. The van der Waals surface area contributed by atoms with Gasteiger partial charge in [-0.15, -0.1) is 0 Å². The standard InChI is InChI=1S/C23H24N2O4S/c1-23(2,3)29-22(26)16-19-10-7-11-21(24-19)25(30(27)28)20-14-12-18(13-15-20)17-8-5-4-6-9-17/h4-15H,16H2,1-3H3,(H,27,28)/p-1. The Labute approximate surface area is 179 Å². The first-order valence-corrected chi connectivity index (χ1v) is 10.5. The monoisotopic (exact) mass is 423 g/mol. The van der Waals surface area contributed by atoms with Crippen LogP contribution in [0.3, 0.4) is 0 Å². The van der Waals surface area contributed by atoms with Gasteiger partial charge in [-0.25, -0.2) is 4.98 Å². The van der Waals surface area contributed by atoms with E-state index in [0.29, 0.717) is 11.4 Å². The summed E-state index contributed by atoms with van der Waals surface area (Å²) in [6.07, 6.45) is -0.0443. The maximum absolute atomic E-state index is 12.1. The number of hydrogen-bond acceptors (Lipinski definition) is 5. The van der Waals surface area contributed by atoms with Gasteiger partial charge in [-0.3, -0.25) is 13.3 Å². The van der Waals surface area contributed by atoms with Gasteiger partial charge in [0.15, 0.2) is 0 Å². The molecule has 0 saturated heterocycles. The topological polar surface area (TPSA) is 82.6 Å². The normalized spacial score (nSPS) is 12.3. The zero-order valence-electron chi connectivity index (χ0n) is 17.1. The number of hydrogen-bond donors (Lipinski definition) is 0. The molecule has 0 spiro atoms. The smallest absolute Gasteiger partial charge is 0.312 e. The minimum atomic E-state index is -2.59. The van der Waals surface area contributed by atoms with Crippen LogP contribution in [-0.4, -0.2) is 25.3 Å². The second-order valence-corrected chi connectivity index (χ2v) is 8.47. The number of rotatable bonds is 6. The molecule has 0 bridgehead atoms. The van der Waals surface area contributed by atoms with Crippen LogP contribution >= 0.6 is 0 Å². The van der Waals surface area contributed by atoms with Crippen LogP contribution in [0.15, 0.2) is 72.8 Å². The van der Waals surface area contributed by atoms with Crippen molar-refractivity contribution in [3.8, 4) is 11.1 Å². The summed E-state index contributed by atoms with van der Waals surface area (Å²) in [5.74, 6) is -0.217. The van der Waals surface area contributed by atoms with Crippen molar-refractivity contribution < 1.29 is 18.3 Å². The number of pyridine rings is 1. The number of benzene rings is 2. The van der Waals surface area contributed by atoms with Crippen LogP contribution in [0.1, 0.15) is 26.5 Å². The molecule has 7 heteroatoms. The molecule has 0 saturated carbocycles. The van der Waals surface area contributed by atoms with Crippen LogP contribution in [0.2, 0.25) is 0 Å². The largest absolute Gasteiger partial charge is 0.755 e. The number of aromatic nitrogens is 1. The Morgan fingerprint density at radius 2 is 1.60 bits per heavy atom. The average Bonchev–Trinajstić information content (AvgIpc) is 2.68. The van der Waals surface area contributed by atoms with E-state index in [4.69, 9.17) is 4.74 Å². The van der Waals surface area contributed by atoms with E-state index in [1.165, 1.54) is 0 Å². The van der Waals surface area contributed by atoms with Crippen molar-refractivity contribution in [3.05, 3.63) is 78.5 Å². The van der Waals surface area contributed by atoms with E-state index in [1.807, 2.05) is 42.5 Å². The van der Waals surface area contributed by atoms with E-state index >= 15 is 0 Å². The first-order valence-electron chi connectivity index (χ1n) is 9.46. The molecule has 2 aromatic carbocycles. The molecule has 1 unspecified atom stereocenters. The van der Waals surface area contributed by atoms with Crippen molar-refractivity contribution in [2.24, 2.45) is 0 Å². The van der Waals surface area contributed by atoms with E-state index in [0.717, 1.165) is 15.4 Å². The van der Waals surface area contributed by atoms with Gasteiger partial charge in [0.2, 0.25) is 0 Å². The number of nitrogens with zero attached hydrogens (tertiary/aromatic N) is 2. The second-order valence-electron chi connectivity index (χ2n) is 7.67. The van der Waals surface area contributed by atoms with Gasteiger partial charge in [-0.1, -0.05) is 48.5 Å². The predicted octanol–water partition coefficient (Wildman–Crippen LogP) is 4.57. The van der Waals surface area contributed by atoms with Crippen LogP contribution < -0.4 is 4.31 Å². The fraction of sp³-hybridized carbons (Fsp3) is 0.217. The molecule has 3 aromatic rings. The van der Waals surface area contributed by atoms with Crippen LogP contribution in [0.5, 0.6) is 0 Å². The number of anilines is 2. The maximum atomic E-state index is 12.1. The molecule has 1 atom stereocenters. The van der Waals surface area contributed by atoms with Crippen molar-refractivity contribution in [1.29, 1.82) is 0 Å². The second kappa shape index (κ2) is 9.19. The van der Waals surface area contributed by atoms with Gasteiger partial charge in [-0.05, 0) is 56.2 Å². The zero-order valence-corrected chi connectivity index (χ0v) is 17.9. The third-order valence-corrected chi connectivity index (χ3v) is 4.80. The number of carbonyl (C=O) groups excluding carboxylic acids is 1. The highest BCUT2D eigenvalue weighted by Crippen LogP contribution is 2.28. The number of carbonyl (C=O) groups is 1. The van der Waals surface area contributed by atoms with Gasteiger partial charge in [0.1, 0.15) is 11.4 Å². The summed E-state index contributed by atoms with van der Waals surface area (Å²) in [5, 5.41) is 0. The van der Waals surface area contributed by atoms with Crippen molar-refractivity contribution in [2.45, 2.75) is 32.8 Å². The summed E-state index contributed by atoms with van der Waals surface area (Å²) < 4.78 is 30.3. The molecule has 0 amide bonds. The predicted molar refractivity (Wildman–Crippen MR) is 117 cm³/mol. The molecule has 156 valence electrons. The highest BCUT2D eigenvalue weighted by Gasteiger charge is 2.18. The summed E-state index contributed by atoms with van der Waals surface area (Å²) in [7, 11) is 0. The Morgan fingerprint density at radius 1 is 0.967 bits per heavy atom. The molecule has 0 aliphatic carbocycles. The molecular weight excluding hydrogens is 400 g/mol. The minimum Gasteiger partial charge on any atom is -0.755 e. The van der Waals surface area contributed by atoms with Crippen molar-refractivity contribution in [3.63, 3.8) is 0 Å². The summed E-state index contributed by atoms with van der Waals surface area (Å²) in [6.45, 7) is 5.36. The fourth-order valence-corrected chi connectivity index (χ4v) is 3.47. The van der Waals surface area contributed by atoms with Crippen LogP contribution in [0, 0.1) is 0 Å². The summed E-state index contributed by atoms with van der Waals surface area (Å²) in [5.41, 5.74) is 2.29. The molecule has 1 heterocycles. The van der Waals surface area contributed by atoms with Crippen LogP contribution in [0.25, 0.3) is 11.1 Å². The average molecular weight is 424 g/mol. The SMILES string of the molecule is CC(C)(C)OC(=O)Cc1cccc(N(c2ccc(-c3ccccc3)cc2)S(=O)[O-])n1. The quantitative estimate of drug-likeness (QED) is 0.429. The molecule has 0 aliphatic rings. The molecule has 1 aromatic heterocycles. The van der Waals surface area contributed by atoms with Gasteiger partial charge in [0, 0.05) is 0 Å². The van der Waals surface area contributed by atoms with Crippen LogP contribution in [0.4, 0.5) is 11.5 Å². The van der Waals surface area contributed by atoms with E-state index in [1.54, 1.807) is 51.1 Å². The lowest BCUT2D eigenvalue weighted by molar-refractivity contribution is -0.153. The maximum Gasteiger partial charge on any atom is 0.312 e. The van der Waals surface area contributed by atoms with Crippen molar-refractivity contribution in [1.82, 2.24) is 4.98 Å². The molecule has 0 fully saturated rings. The van der Waals surface area contributed by atoms with Gasteiger partial charge in [0.25, 0.3) is 0 Å². The van der Waals surface area contributed by atoms with E-state index in [9.17, 15) is 13.6 Å². The highest BCUT2D eigenvalue weighted by molar-refractivity contribution is 7.81. The lowest BCUT2D eigenvalue weighted by atomic mass is 10.1. The molecule has 30 heavy (non-hydrogen) atoms. The van der Waals surface area contributed by atoms with E-state index in [2.05, 4.69) is 4.98 Å². The Morgan fingerprint density at radius 3 is 2.20 bits per heavy atom. The van der Waals surface area contributed by atoms with E-state index < -0.39 is 22.8 Å². The van der Waals surface area contributed by atoms with Gasteiger partial charge in [-0.2, -0.15) is 0 Å².